The highest BCUT2D eigenvalue weighted by molar-refractivity contribution is 5.87. The van der Waals surface area contributed by atoms with Crippen molar-refractivity contribution < 1.29 is 9.90 Å². The SMILES string of the molecule is NC1(C(=O)N2CCC(CO)C2)CCC1. The standard InChI is InChI=1S/C10H18N2O2/c11-10(3-1-4-10)9(14)12-5-2-8(6-12)7-13/h8,13H,1-7,11H2. The second kappa shape index (κ2) is 3.51. The summed E-state index contributed by atoms with van der Waals surface area (Å²) in [5, 5.41) is 8.97. The molecule has 0 spiro atoms. The molecule has 2 rings (SSSR count). The van der Waals surface area contributed by atoms with Crippen molar-refractivity contribution in [2.24, 2.45) is 11.7 Å². The number of nitrogens with zero attached hydrogens (tertiary/aromatic N) is 1. The Bertz CT molecular complexity index is 238. The second-order valence-corrected chi connectivity index (χ2v) is 4.60. The summed E-state index contributed by atoms with van der Waals surface area (Å²) in [7, 11) is 0. The van der Waals surface area contributed by atoms with E-state index in [1.165, 1.54) is 0 Å². The number of rotatable bonds is 2. The minimum absolute atomic E-state index is 0.0969. The lowest BCUT2D eigenvalue weighted by atomic mass is 9.76. The Labute approximate surface area is 84.1 Å². The fourth-order valence-electron chi connectivity index (χ4n) is 2.25. The molecule has 0 aromatic carbocycles. The van der Waals surface area contributed by atoms with Crippen LogP contribution in [0.25, 0.3) is 0 Å². The molecular weight excluding hydrogens is 180 g/mol. The fourth-order valence-corrected chi connectivity index (χ4v) is 2.25. The van der Waals surface area contributed by atoms with Gasteiger partial charge in [-0.05, 0) is 25.7 Å². The molecule has 1 amide bonds. The maximum Gasteiger partial charge on any atom is 0.242 e. The van der Waals surface area contributed by atoms with E-state index in [2.05, 4.69) is 0 Å². The third-order valence-electron chi connectivity index (χ3n) is 3.50. The minimum atomic E-state index is -0.565. The summed E-state index contributed by atoms with van der Waals surface area (Å²) >= 11 is 0. The van der Waals surface area contributed by atoms with Gasteiger partial charge in [-0.15, -0.1) is 0 Å². The highest BCUT2D eigenvalue weighted by Gasteiger charge is 2.44. The molecule has 1 atom stereocenters. The van der Waals surface area contributed by atoms with Crippen LogP contribution in [0.4, 0.5) is 0 Å². The monoisotopic (exact) mass is 198 g/mol. The van der Waals surface area contributed by atoms with Crippen LogP contribution in [-0.4, -0.2) is 41.1 Å². The van der Waals surface area contributed by atoms with Crippen LogP contribution in [0.3, 0.4) is 0 Å². The molecule has 1 heterocycles. The molecule has 0 bridgehead atoms. The van der Waals surface area contributed by atoms with Gasteiger partial charge in [0.25, 0.3) is 0 Å². The van der Waals surface area contributed by atoms with Crippen LogP contribution in [0.15, 0.2) is 0 Å². The molecule has 3 N–H and O–H groups in total. The summed E-state index contributed by atoms with van der Waals surface area (Å²) in [5.41, 5.74) is 5.39. The summed E-state index contributed by atoms with van der Waals surface area (Å²) in [6.45, 7) is 1.64. The third kappa shape index (κ3) is 1.53. The molecule has 0 aromatic heterocycles. The molecule has 4 heteroatoms. The number of hydrogen-bond acceptors (Lipinski definition) is 3. The van der Waals surface area contributed by atoms with Crippen molar-refractivity contribution >= 4 is 5.91 Å². The number of carbonyl (C=O) groups excluding carboxylic acids is 1. The van der Waals surface area contributed by atoms with E-state index < -0.39 is 5.54 Å². The van der Waals surface area contributed by atoms with Crippen LogP contribution >= 0.6 is 0 Å². The zero-order chi connectivity index (χ0) is 10.2. The largest absolute Gasteiger partial charge is 0.396 e. The van der Waals surface area contributed by atoms with Crippen LogP contribution in [0, 0.1) is 5.92 Å². The number of aliphatic hydroxyl groups is 1. The van der Waals surface area contributed by atoms with Crippen molar-refractivity contribution in [3.8, 4) is 0 Å². The van der Waals surface area contributed by atoms with Crippen LogP contribution in [0.1, 0.15) is 25.7 Å². The molecule has 0 radical (unpaired) electrons. The normalized spacial score (nSPS) is 30.1. The van der Waals surface area contributed by atoms with Gasteiger partial charge in [-0.3, -0.25) is 4.79 Å². The predicted octanol–water partition coefficient (Wildman–Crippen LogP) is -0.291. The van der Waals surface area contributed by atoms with E-state index in [1.54, 1.807) is 0 Å². The molecule has 1 saturated carbocycles. The first kappa shape index (κ1) is 9.93. The number of amides is 1. The van der Waals surface area contributed by atoms with Crippen molar-refractivity contribution in [3.63, 3.8) is 0 Å². The van der Waals surface area contributed by atoms with Crippen molar-refractivity contribution in [3.05, 3.63) is 0 Å². The van der Waals surface area contributed by atoms with Gasteiger partial charge in [0.2, 0.25) is 5.91 Å². The number of aliphatic hydroxyl groups excluding tert-OH is 1. The average Bonchev–Trinajstić information content (AvgIpc) is 2.61. The maximum absolute atomic E-state index is 11.9. The van der Waals surface area contributed by atoms with E-state index in [-0.39, 0.29) is 18.4 Å². The lowest BCUT2D eigenvalue weighted by molar-refractivity contribution is -0.139. The maximum atomic E-state index is 11.9. The molecule has 1 unspecified atom stereocenters. The Morgan fingerprint density at radius 3 is 2.71 bits per heavy atom. The molecule has 2 fully saturated rings. The lowest BCUT2D eigenvalue weighted by Gasteiger charge is -2.39. The summed E-state index contributed by atoms with van der Waals surface area (Å²) < 4.78 is 0. The van der Waals surface area contributed by atoms with Gasteiger partial charge >= 0.3 is 0 Å². The quantitative estimate of drug-likeness (QED) is 0.640. The zero-order valence-corrected chi connectivity index (χ0v) is 8.41. The van der Waals surface area contributed by atoms with Crippen molar-refractivity contribution in [2.45, 2.75) is 31.2 Å². The van der Waals surface area contributed by atoms with Gasteiger partial charge in [0.15, 0.2) is 0 Å². The Morgan fingerprint density at radius 2 is 2.29 bits per heavy atom. The van der Waals surface area contributed by atoms with E-state index in [9.17, 15) is 4.79 Å². The zero-order valence-electron chi connectivity index (χ0n) is 8.41. The van der Waals surface area contributed by atoms with Gasteiger partial charge in [0.05, 0.1) is 5.54 Å². The molecule has 2 aliphatic rings. The van der Waals surface area contributed by atoms with Gasteiger partial charge in [-0.25, -0.2) is 0 Å². The molecule has 14 heavy (non-hydrogen) atoms. The molecule has 1 aliphatic carbocycles. The number of carbonyl (C=O) groups is 1. The van der Waals surface area contributed by atoms with E-state index in [4.69, 9.17) is 10.8 Å². The average molecular weight is 198 g/mol. The number of nitrogens with two attached hydrogens (primary N) is 1. The van der Waals surface area contributed by atoms with Gasteiger partial charge in [0, 0.05) is 25.6 Å². The Morgan fingerprint density at radius 1 is 1.57 bits per heavy atom. The first-order valence-corrected chi connectivity index (χ1v) is 5.35. The molecule has 0 aromatic rings. The lowest BCUT2D eigenvalue weighted by Crippen LogP contribution is -2.59. The molecule has 80 valence electrons. The first-order valence-electron chi connectivity index (χ1n) is 5.35. The molecule has 4 nitrogen and oxygen atoms in total. The van der Waals surface area contributed by atoms with Gasteiger partial charge < -0.3 is 15.7 Å². The van der Waals surface area contributed by atoms with Gasteiger partial charge in [0.1, 0.15) is 0 Å². The summed E-state index contributed by atoms with van der Waals surface area (Å²) in [5.74, 6) is 0.363. The highest BCUT2D eigenvalue weighted by Crippen LogP contribution is 2.32. The summed E-state index contributed by atoms with van der Waals surface area (Å²) in [6, 6.07) is 0. The third-order valence-corrected chi connectivity index (χ3v) is 3.50. The smallest absolute Gasteiger partial charge is 0.242 e. The Kier molecular flexibility index (Phi) is 2.49. The Hall–Kier alpha value is -0.610. The van der Waals surface area contributed by atoms with Crippen LogP contribution in [0.2, 0.25) is 0 Å². The highest BCUT2D eigenvalue weighted by atomic mass is 16.3. The van der Waals surface area contributed by atoms with Crippen molar-refractivity contribution in [1.82, 2.24) is 4.90 Å². The Balaban J connectivity index is 1.93. The van der Waals surface area contributed by atoms with E-state index in [0.29, 0.717) is 6.54 Å². The van der Waals surface area contributed by atoms with Crippen LogP contribution in [0.5, 0.6) is 0 Å². The van der Waals surface area contributed by atoms with Gasteiger partial charge in [-0.2, -0.15) is 0 Å². The van der Waals surface area contributed by atoms with Crippen molar-refractivity contribution in [1.29, 1.82) is 0 Å². The number of likely N-dealkylation sites (tertiary alicyclic amines) is 1. The molecule has 1 saturated heterocycles. The fraction of sp³-hybridized carbons (Fsp3) is 0.900. The second-order valence-electron chi connectivity index (χ2n) is 4.60. The number of hydrogen-bond donors (Lipinski definition) is 2. The van der Waals surface area contributed by atoms with Crippen LogP contribution in [-0.2, 0) is 4.79 Å². The molecule has 1 aliphatic heterocycles. The van der Waals surface area contributed by atoms with Crippen LogP contribution < -0.4 is 5.73 Å². The van der Waals surface area contributed by atoms with E-state index in [0.717, 1.165) is 32.2 Å². The topological polar surface area (TPSA) is 66.6 Å². The van der Waals surface area contributed by atoms with Crippen molar-refractivity contribution in [2.75, 3.05) is 19.7 Å². The minimum Gasteiger partial charge on any atom is -0.396 e. The summed E-state index contributed by atoms with van der Waals surface area (Å²) in [6.07, 6.45) is 3.63. The summed E-state index contributed by atoms with van der Waals surface area (Å²) in [4.78, 5) is 13.7. The predicted molar refractivity (Wildman–Crippen MR) is 52.5 cm³/mol. The van der Waals surface area contributed by atoms with E-state index >= 15 is 0 Å². The first-order chi connectivity index (χ1) is 6.65. The van der Waals surface area contributed by atoms with E-state index in [1.807, 2.05) is 4.90 Å². The van der Waals surface area contributed by atoms with Gasteiger partial charge in [-0.1, -0.05) is 0 Å². The molecular formula is C10H18N2O2.